The summed E-state index contributed by atoms with van der Waals surface area (Å²) in [7, 11) is 9.43. The van der Waals surface area contributed by atoms with E-state index in [1.807, 2.05) is 74.1 Å². The maximum Gasteiger partial charge on any atom is 0.168 e. The molecular formula is C22H27N5O2. The van der Waals surface area contributed by atoms with E-state index in [4.69, 9.17) is 9.72 Å². The van der Waals surface area contributed by atoms with E-state index in [-0.39, 0.29) is 0 Å². The van der Waals surface area contributed by atoms with E-state index in [0.29, 0.717) is 12.2 Å². The summed E-state index contributed by atoms with van der Waals surface area (Å²) >= 11 is 0. The van der Waals surface area contributed by atoms with Gasteiger partial charge in [0.25, 0.3) is 0 Å². The topological polar surface area (TPSA) is 63.5 Å². The highest BCUT2D eigenvalue weighted by Gasteiger charge is 2.17. The first-order valence-corrected chi connectivity index (χ1v) is 9.39. The predicted octanol–water partition coefficient (Wildman–Crippen LogP) is 3.00. The molecule has 0 bridgehead atoms. The second kappa shape index (κ2) is 8.87. The molecule has 0 spiro atoms. The van der Waals surface area contributed by atoms with Gasteiger partial charge < -0.3 is 14.2 Å². The molecule has 3 aromatic rings. The van der Waals surface area contributed by atoms with Crippen LogP contribution < -0.4 is 9.64 Å². The number of carbonyl (C=O) groups excluding carboxylic acids is 1. The average Bonchev–Trinajstić information content (AvgIpc) is 3.03. The minimum Gasteiger partial charge on any atom is -0.497 e. The molecule has 0 atom stereocenters. The third-order valence-electron chi connectivity index (χ3n) is 4.82. The zero-order valence-corrected chi connectivity index (χ0v) is 17.6. The summed E-state index contributed by atoms with van der Waals surface area (Å²) in [6, 6.07) is 11.9. The molecule has 1 aromatic carbocycles. The Balaban J connectivity index is 1.80. The highest BCUT2D eigenvalue weighted by molar-refractivity contribution is 5.76. The molecule has 7 nitrogen and oxygen atoms in total. The van der Waals surface area contributed by atoms with E-state index in [0.717, 1.165) is 41.5 Å². The van der Waals surface area contributed by atoms with Crippen molar-refractivity contribution in [3.05, 3.63) is 59.5 Å². The normalized spacial score (nSPS) is 11.0. The molecule has 29 heavy (non-hydrogen) atoms. The second-order valence-electron chi connectivity index (χ2n) is 7.26. The van der Waals surface area contributed by atoms with Gasteiger partial charge in [-0.25, -0.2) is 9.97 Å². The first-order valence-electron chi connectivity index (χ1n) is 9.39. The van der Waals surface area contributed by atoms with Crippen molar-refractivity contribution < 1.29 is 9.53 Å². The third kappa shape index (κ3) is 4.63. The molecule has 7 heteroatoms. The first kappa shape index (κ1) is 20.5. The molecule has 2 heterocycles. The van der Waals surface area contributed by atoms with Crippen molar-refractivity contribution in [3.8, 4) is 17.1 Å². The number of hydrogen-bond donors (Lipinski definition) is 0. The maximum atomic E-state index is 11.7. The third-order valence-corrected chi connectivity index (χ3v) is 4.82. The van der Waals surface area contributed by atoms with Gasteiger partial charge in [0.15, 0.2) is 6.29 Å². The van der Waals surface area contributed by atoms with Crippen LogP contribution in [0.25, 0.3) is 11.4 Å². The van der Waals surface area contributed by atoms with Crippen LogP contribution in [0.1, 0.15) is 21.7 Å². The van der Waals surface area contributed by atoms with Gasteiger partial charge in [-0.2, -0.15) is 0 Å². The molecular weight excluding hydrogens is 366 g/mol. The van der Waals surface area contributed by atoms with Crippen molar-refractivity contribution in [2.45, 2.75) is 13.1 Å². The van der Waals surface area contributed by atoms with E-state index < -0.39 is 0 Å². The molecule has 0 aliphatic heterocycles. The molecule has 0 saturated heterocycles. The second-order valence-corrected chi connectivity index (χ2v) is 7.26. The molecule has 0 fully saturated rings. The van der Waals surface area contributed by atoms with Crippen LogP contribution in [0.15, 0.2) is 42.6 Å². The van der Waals surface area contributed by atoms with E-state index in [2.05, 4.69) is 9.88 Å². The standard InChI is InChI=1S/C22H27N5O2/c1-25(2)21-11-8-17(12-23-21)22-24-19(20(15-28)27(22)4)14-26(3)13-16-6-9-18(29-5)10-7-16/h6-12,15H,13-14H2,1-5H3. The zero-order chi connectivity index (χ0) is 21.0. The van der Waals surface area contributed by atoms with Crippen molar-refractivity contribution in [1.82, 2.24) is 19.4 Å². The average molecular weight is 393 g/mol. The number of ether oxygens (including phenoxy) is 1. The van der Waals surface area contributed by atoms with E-state index in [1.165, 1.54) is 5.56 Å². The molecule has 2 aromatic heterocycles. The lowest BCUT2D eigenvalue weighted by atomic mass is 10.2. The molecule has 0 radical (unpaired) electrons. The van der Waals surface area contributed by atoms with Crippen LogP contribution in [0.3, 0.4) is 0 Å². The summed E-state index contributed by atoms with van der Waals surface area (Å²) < 4.78 is 7.03. The summed E-state index contributed by atoms with van der Waals surface area (Å²) in [4.78, 5) is 25.0. The van der Waals surface area contributed by atoms with Crippen LogP contribution in [0.4, 0.5) is 5.82 Å². The van der Waals surface area contributed by atoms with E-state index in [9.17, 15) is 4.79 Å². The summed E-state index contributed by atoms with van der Waals surface area (Å²) in [6.45, 7) is 1.31. The summed E-state index contributed by atoms with van der Waals surface area (Å²) in [5.41, 5.74) is 3.38. The first-order chi connectivity index (χ1) is 13.9. The smallest absolute Gasteiger partial charge is 0.168 e. The predicted molar refractivity (Wildman–Crippen MR) is 114 cm³/mol. The van der Waals surface area contributed by atoms with Gasteiger partial charge in [-0.05, 0) is 36.9 Å². The number of nitrogens with zero attached hydrogens (tertiary/aromatic N) is 5. The number of methoxy groups -OCH3 is 1. The van der Waals surface area contributed by atoms with Crippen LogP contribution in [-0.4, -0.2) is 54.0 Å². The Morgan fingerprint density at radius 1 is 1.07 bits per heavy atom. The molecule has 0 amide bonds. The Hall–Kier alpha value is -3.19. The van der Waals surface area contributed by atoms with Gasteiger partial charge in [0, 0.05) is 46.0 Å². The molecule has 0 unspecified atom stereocenters. The fourth-order valence-electron chi connectivity index (χ4n) is 3.23. The molecule has 0 aliphatic rings. The zero-order valence-electron chi connectivity index (χ0n) is 17.6. The molecule has 3 rings (SSSR count). The van der Waals surface area contributed by atoms with Crippen LogP contribution in [0, 0.1) is 0 Å². The van der Waals surface area contributed by atoms with Crippen molar-refractivity contribution in [2.24, 2.45) is 7.05 Å². The number of aldehydes is 1. The van der Waals surface area contributed by atoms with Gasteiger partial charge in [0.1, 0.15) is 23.1 Å². The van der Waals surface area contributed by atoms with Gasteiger partial charge in [0.2, 0.25) is 0 Å². The van der Waals surface area contributed by atoms with E-state index in [1.54, 1.807) is 13.3 Å². The Morgan fingerprint density at radius 3 is 2.34 bits per heavy atom. The highest BCUT2D eigenvalue weighted by atomic mass is 16.5. The van der Waals surface area contributed by atoms with Gasteiger partial charge in [-0.1, -0.05) is 12.1 Å². The number of hydrogen-bond acceptors (Lipinski definition) is 6. The number of carbonyl (C=O) groups is 1. The summed E-state index contributed by atoms with van der Waals surface area (Å²) in [5.74, 6) is 2.44. The Bertz CT molecular complexity index is 962. The number of aromatic nitrogens is 3. The molecule has 152 valence electrons. The molecule has 0 saturated carbocycles. The van der Waals surface area contributed by atoms with Gasteiger partial charge in [-0.3, -0.25) is 9.69 Å². The summed E-state index contributed by atoms with van der Waals surface area (Å²) in [5, 5.41) is 0. The summed E-state index contributed by atoms with van der Waals surface area (Å²) in [6.07, 6.45) is 2.66. The minimum absolute atomic E-state index is 0.567. The maximum absolute atomic E-state index is 11.7. The van der Waals surface area contributed by atoms with Crippen LogP contribution >= 0.6 is 0 Å². The van der Waals surface area contributed by atoms with Crippen molar-refractivity contribution >= 4 is 12.1 Å². The van der Waals surface area contributed by atoms with Gasteiger partial charge in [-0.15, -0.1) is 0 Å². The molecule has 0 N–H and O–H groups in total. The fourth-order valence-corrected chi connectivity index (χ4v) is 3.23. The monoisotopic (exact) mass is 393 g/mol. The number of pyridine rings is 1. The van der Waals surface area contributed by atoms with Gasteiger partial charge in [0.05, 0.1) is 12.8 Å². The van der Waals surface area contributed by atoms with Crippen LogP contribution in [0.5, 0.6) is 5.75 Å². The van der Waals surface area contributed by atoms with Crippen molar-refractivity contribution in [3.63, 3.8) is 0 Å². The lowest BCUT2D eigenvalue weighted by Crippen LogP contribution is -2.18. The Kier molecular flexibility index (Phi) is 6.29. The molecule has 0 aliphatic carbocycles. The number of benzene rings is 1. The van der Waals surface area contributed by atoms with Gasteiger partial charge >= 0.3 is 0 Å². The highest BCUT2D eigenvalue weighted by Crippen LogP contribution is 2.23. The lowest BCUT2D eigenvalue weighted by Gasteiger charge is -2.16. The number of imidazole rings is 1. The SMILES string of the molecule is COc1ccc(CN(C)Cc2nc(-c3ccc(N(C)C)nc3)n(C)c2C=O)cc1. The van der Waals surface area contributed by atoms with Crippen LogP contribution in [0.2, 0.25) is 0 Å². The minimum atomic E-state index is 0.567. The van der Waals surface area contributed by atoms with Crippen molar-refractivity contribution in [2.75, 3.05) is 33.2 Å². The fraction of sp³-hybridized carbons (Fsp3) is 0.318. The largest absolute Gasteiger partial charge is 0.497 e. The van der Waals surface area contributed by atoms with Crippen molar-refractivity contribution in [1.29, 1.82) is 0 Å². The Labute approximate surface area is 171 Å². The number of anilines is 1. The number of rotatable bonds is 8. The lowest BCUT2D eigenvalue weighted by molar-refractivity contribution is 0.111. The Morgan fingerprint density at radius 2 is 1.79 bits per heavy atom. The van der Waals surface area contributed by atoms with E-state index >= 15 is 0 Å². The quantitative estimate of drug-likeness (QED) is 0.548. The van der Waals surface area contributed by atoms with Crippen LogP contribution in [-0.2, 0) is 20.1 Å².